The van der Waals surface area contributed by atoms with Crippen molar-refractivity contribution in [3.05, 3.63) is 59.7 Å². The van der Waals surface area contributed by atoms with Gasteiger partial charge in [-0.25, -0.2) is 4.79 Å². The fourth-order valence-corrected chi connectivity index (χ4v) is 5.89. The van der Waals surface area contributed by atoms with Crippen LogP contribution < -0.4 is 14.8 Å². The van der Waals surface area contributed by atoms with Gasteiger partial charge < -0.3 is 34.1 Å². The van der Waals surface area contributed by atoms with Gasteiger partial charge >= 0.3 is 6.09 Å². The molecule has 3 fully saturated rings. The number of ether oxygens (including phenoxy) is 5. The smallest absolute Gasteiger partial charge is 0.407 e. The molecule has 2 heterocycles. The van der Waals surface area contributed by atoms with E-state index in [9.17, 15) is 9.90 Å². The number of benzene rings is 2. The van der Waals surface area contributed by atoms with Crippen LogP contribution in [0.25, 0.3) is 0 Å². The number of rotatable bonds is 13. The van der Waals surface area contributed by atoms with E-state index in [1.807, 2.05) is 48.5 Å². The highest BCUT2D eigenvalue weighted by Gasteiger charge is 2.44. The lowest BCUT2D eigenvalue weighted by molar-refractivity contribution is -0.214. The first kappa shape index (κ1) is 29.6. The maximum atomic E-state index is 13.1. The van der Waals surface area contributed by atoms with E-state index >= 15 is 0 Å². The van der Waals surface area contributed by atoms with E-state index in [0.717, 1.165) is 43.2 Å². The minimum Gasteiger partial charge on any atom is -0.493 e. The van der Waals surface area contributed by atoms with E-state index < -0.39 is 18.2 Å². The Hall–Kier alpha value is -2.89. The van der Waals surface area contributed by atoms with Gasteiger partial charge in [0, 0.05) is 6.54 Å². The van der Waals surface area contributed by atoms with E-state index in [1.165, 1.54) is 0 Å². The van der Waals surface area contributed by atoms with Crippen LogP contribution in [0.2, 0.25) is 0 Å². The van der Waals surface area contributed by atoms with Crippen LogP contribution in [0.15, 0.2) is 48.5 Å². The van der Waals surface area contributed by atoms with Gasteiger partial charge in [0.05, 0.1) is 58.1 Å². The van der Waals surface area contributed by atoms with Crippen LogP contribution in [0, 0.1) is 5.92 Å². The predicted molar refractivity (Wildman–Crippen MR) is 150 cm³/mol. The molecule has 5 atom stereocenters. The highest BCUT2D eigenvalue weighted by Crippen LogP contribution is 2.33. The normalized spacial score (nSPS) is 23.8. The molecule has 0 bridgehead atoms. The van der Waals surface area contributed by atoms with Crippen LogP contribution in [0.4, 0.5) is 4.79 Å². The number of hydroxylamine groups is 2. The molecule has 10 heteroatoms. The van der Waals surface area contributed by atoms with Crippen LogP contribution in [0.1, 0.15) is 43.2 Å². The highest BCUT2D eigenvalue weighted by atomic mass is 16.7. The Labute approximate surface area is 241 Å². The number of hydrogen-bond donors (Lipinski definition) is 2. The fourth-order valence-electron chi connectivity index (χ4n) is 5.89. The summed E-state index contributed by atoms with van der Waals surface area (Å²) >= 11 is 0. The average Bonchev–Trinajstić information content (AvgIpc) is 3.74. The van der Waals surface area contributed by atoms with E-state index in [1.54, 1.807) is 19.3 Å². The van der Waals surface area contributed by atoms with E-state index in [4.69, 9.17) is 28.5 Å². The number of carbonyl (C=O) groups excluding carboxylic acids is 1. The quantitative estimate of drug-likeness (QED) is 0.347. The molecular formula is C31H42N2O8. The third-order valence-corrected chi connectivity index (χ3v) is 8.11. The topological polar surface area (TPSA) is 108 Å². The molecule has 3 aliphatic rings. The number of methoxy groups -OCH3 is 2. The summed E-state index contributed by atoms with van der Waals surface area (Å²) in [4.78, 5) is 19.5. The predicted octanol–water partition coefficient (Wildman–Crippen LogP) is 3.84. The van der Waals surface area contributed by atoms with Crippen LogP contribution in [-0.4, -0.2) is 80.9 Å². The van der Waals surface area contributed by atoms with Crippen molar-refractivity contribution in [1.29, 1.82) is 0 Å². The fraction of sp³-hybridized carbons (Fsp3) is 0.581. The zero-order chi connectivity index (χ0) is 28.6. The number of aliphatic hydroxyl groups is 1. The number of fused-ring (bicyclic) bond motifs is 1. The average molecular weight is 571 g/mol. The number of alkyl carbamates (subject to hydrolysis) is 1. The van der Waals surface area contributed by atoms with Gasteiger partial charge in [-0.2, -0.15) is 5.06 Å². The summed E-state index contributed by atoms with van der Waals surface area (Å²) in [5, 5.41) is 16.3. The molecule has 0 spiro atoms. The summed E-state index contributed by atoms with van der Waals surface area (Å²) in [6, 6.07) is 14.9. The molecule has 41 heavy (non-hydrogen) atoms. The molecule has 0 radical (unpaired) electrons. The number of nitrogens with one attached hydrogen (secondary N) is 1. The van der Waals surface area contributed by atoms with E-state index in [0.29, 0.717) is 37.7 Å². The number of amides is 1. The number of carbonyl (C=O) groups is 1. The molecule has 1 saturated carbocycles. The lowest BCUT2D eigenvalue weighted by Gasteiger charge is -2.31. The number of hydrogen-bond acceptors (Lipinski definition) is 9. The SMILES string of the molecule is COc1ccc(CN(CC(O)C(Cc2ccccc2)NC(=O)OC2COC3OCCC23)OC2CCCC2)cc1OC. The van der Waals surface area contributed by atoms with Gasteiger partial charge in [0.1, 0.15) is 6.10 Å². The molecule has 2 N–H and O–H groups in total. The third kappa shape index (κ3) is 7.90. The van der Waals surface area contributed by atoms with E-state index in [-0.39, 0.29) is 31.0 Å². The Balaban J connectivity index is 1.29. The lowest BCUT2D eigenvalue weighted by Crippen LogP contribution is -2.50. The van der Waals surface area contributed by atoms with Gasteiger partial charge in [-0.05, 0) is 48.9 Å². The standard InChI is InChI=1S/C31H42N2O8/c1-36-27-13-12-22(17-28(27)37-2)18-33(41-23-10-6-7-11-23)19-26(34)25(16-21-8-4-3-5-9-21)32-31(35)40-29-20-39-30-24(29)14-15-38-30/h3-5,8-9,12-13,17,23-26,29-30,34H,6-7,10-11,14-16,18-20H2,1-2H3,(H,32,35). The molecule has 2 aromatic carbocycles. The Morgan fingerprint density at radius 2 is 1.80 bits per heavy atom. The van der Waals surface area contributed by atoms with Crippen molar-refractivity contribution >= 4 is 6.09 Å². The maximum absolute atomic E-state index is 13.1. The van der Waals surface area contributed by atoms with Gasteiger partial charge in [0.25, 0.3) is 0 Å². The Kier molecular flexibility index (Phi) is 10.3. The van der Waals surface area contributed by atoms with Gasteiger partial charge in [-0.3, -0.25) is 4.84 Å². The monoisotopic (exact) mass is 570 g/mol. The molecule has 2 saturated heterocycles. The zero-order valence-corrected chi connectivity index (χ0v) is 23.9. The second-order valence-electron chi connectivity index (χ2n) is 11.0. The first-order chi connectivity index (χ1) is 20.0. The summed E-state index contributed by atoms with van der Waals surface area (Å²) in [5.41, 5.74) is 1.95. The summed E-state index contributed by atoms with van der Waals surface area (Å²) in [5.74, 6) is 1.31. The van der Waals surface area contributed by atoms with Gasteiger partial charge in [-0.15, -0.1) is 0 Å². The first-order valence-electron chi connectivity index (χ1n) is 14.6. The molecule has 1 amide bonds. The molecule has 5 unspecified atom stereocenters. The molecule has 2 aromatic rings. The van der Waals surface area contributed by atoms with Crippen LogP contribution >= 0.6 is 0 Å². The van der Waals surface area contributed by atoms with Crippen LogP contribution in [0.3, 0.4) is 0 Å². The van der Waals surface area contributed by atoms with Crippen molar-refractivity contribution in [2.45, 2.75) is 75.7 Å². The molecule has 2 aliphatic heterocycles. The van der Waals surface area contributed by atoms with Crippen LogP contribution in [-0.2, 0) is 32.0 Å². The number of aliphatic hydroxyl groups excluding tert-OH is 1. The largest absolute Gasteiger partial charge is 0.493 e. The molecule has 1 aliphatic carbocycles. The van der Waals surface area contributed by atoms with Crippen molar-refractivity contribution < 1.29 is 38.4 Å². The van der Waals surface area contributed by atoms with Crippen molar-refractivity contribution in [3.8, 4) is 11.5 Å². The van der Waals surface area contributed by atoms with Crippen molar-refractivity contribution in [2.75, 3.05) is 34.0 Å². The Morgan fingerprint density at radius 3 is 2.56 bits per heavy atom. The zero-order valence-electron chi connectivity index (χ0n) is 23.9. The molecule has 5 rings (SSSR count). The molecule has 0 aromatic heterocycles. The van der Waals surface area contributed by atoms with Gasteiger partial charge in [0.2, 0.25) is 0 Å². The van der Waals surface area contributed by atoms with Crippen molar-refractivity contribution in [3.63, 3.8) is 0 Å². The molecule has 10 nitrogen and oxygen atoms in total. The van der Waals surface area contributed by atoms with Crippen molar-refractivity contribution in [2.24, 2.45) is 5.92 Å². The Morgan fingerprint density at radius 1 is 1.02 bits per heavy atom. The molecule has 224 valence electrons. The summed E-state index contributed by atoms with van der Waals surface area (Å²) in [7, 11) is 3.21. The van der Waals surface area contributed by atoms with E-state index in [2.05, 4.69) is 5.32 Å². The summed E-state index contributed by atoms with van der Waals surface area (Å²) < 4.78 is 27.8. The van der Waals surface area contributed by atoms with Gasteiger partial charge in [-0.1, -0.05) is 49.2 Å². The Bertz CT molecular complexity index is 1110. The maximum Gasteiger partial charge on any atom is 0.407 e. The van der Waals surface area contributed by atoms with Gasteiger partial charge in [0.15, 0.2) is 17.8 Å². The first-order valence-corrected chi connectivity index (χ1v) is 14.6. The van der Waals surface area contributed by atoms with Crippen molar-refractivity contribution in [1.82, 2.24) is 10.4 Å². The minimum atomic E-state index is -0.938. The second kappa shape index (κ2) is 14.3. The highest BCUT2D eigenvalue weighted by molar-refractivity contribution is 5.68. The lowest BCUT2D eigenvalue weighted by atomic mass is 10.0. The second-order valence-corrected chi connectivity index (χ2v) is 11.0. The molecular weight excluding hydrogens is 528 g/mol. The summed E-state index contributed by atoms with van der Waals surface area (Å²) in [6.07, 6.45) is 3.33. The third-order valence-electron chi connectivity index (χ3n) is 8.11. The summed E-state index contributed by atoms with van der Waals surface area (Å²) in [6.45, 7) is 1.53. The minimum absolute atomic E-state index is 0.0371. The van der Waals surface area contributed by atoms with Crippen LogP contribution in [0.5, 0.6) is 11.5 Å². The number of nitrogens with zero attached hydrogens (tertiary/aromatic N) is 1.